The van der Waals surface area contributed by atoms with E-state index in [4.69, 9.17) is 5.73 Å². The Bertz CT molecular complexity index is 267. The van der Waals surface area contributed by atoms with Crippen LogP contribution in [-0.2, 0) is 19.3 Å². The molecule has 1 atom stereocenters. The summed E-state index contributed by atoms with van der Waals surface area (Å²) < 4.78 is 0. The fraction of sp³-hybridized carbons (Fsp3) is 0.636. The maximum Gasteiger partial charge on any atom is 0.00802 e. The maximum atomic E-state index is 5.74. The van der Waals surface area contributed by atoms with Crippen molar-refractivity contribution in [2.24, 2.45) is 5.73 Å². The van der Waals surface area contributed by atoms with E-state index in [-0.39, 0.29) is 0 Å². The van der Waals surface area contributed by atoms with Gasteiger partial charge in [-0.1, -0.05) is 0 Å². The first-order valence-corrected chi connectivity index (χ1v) is 5.93. The van der Waals surface area contributed by atoms with E-state index in [1.165, 1.54) is 25.7 Å². The lowest BCUT2D eigenvalue weighted by Gasteiger charge is -2.01. The van der Waals surface area contributed by atoms with Crippen molar-refractivity contribution in [3.8, 4) is 0 Å². The first kappa shape index (κ1) is 9.22. The Hall–Kier alpha value is -0.340. The molecule has 0 aliphatic heterocycles. The zero-order valence-electron chi connectivity index (χ0n) is 8.18. The molecule has 0 saturated carbocycles. The summed E-state index contributed by atoms with van der Waals surface area (Å²) in [5, 5.41) is 0. The molecule has 72 valence electrons. The number of thiophene rings is 1. The predicted molar refractivity (Wildman–Crippen MR) is 58.3 cm³/mol. The van der Waals surface area contributed by atoms with Gasteiger partial charge in [0.15, 0.2) is 0 Å². The minimum Gasteiger partial charge on any atom is -0.328 e. The number of fused-ring (bicyclic) bond motifs is 1. The Morgan fingerprint density at radius 2 is 2.38 bits per heavy atom. The molecule has 2 rings (SSSR count). The smallest absolute Gasteiger partial charge is 0.00802 e. The van der Waals surface area contributed by atoms with Crippen molar-refractivity contribution >= 4 is 11.3 Å². The second kappa shape index (κ2) is 3.81. The van der Waals surface area contributed by atoms with Crippen LogP contribution in [-0.4, -0.2) is 6.04 Å². The lowest BCUT2D eigenvalue weighted by atomic mass is 10.1. The average molecular weight is 195 g/mol. The van der Waals surface area contributed by atoms with Crippen LogP contribution in [0.2, 0.25) is 0 Å². The molecule has 1 heterocycles. The van der Waals surface area contributed by atoms with Gasteiger partial charge in [0.2, 0.25) is 0 Å². The SMILES string of the molecule is C[C@H](N)CCc1cc2c(s1)CCC2. The van der Waals surface area contributed by atoms with Crippen LogP contribution >= 0.6 is 11.3 Å². The van der Waals surface area contributed by atoms with E-state index in [0.29, 0.717) is 6.04 Å². The zero-order chi connectivity index (χ0) is 9.26. The zero-order valence-corrected chi connectivity index (χ0v) is 8.99. The van der Waals surface area contributed by atoms with Crippen molar-refractivity contribution in [3.05, 3.63) is 21.4 Å². The third-order valence-electron chi connectivity index (χ3n) is 2.64. The standard InChI is InChI=1S/C11H17NS/c1-8(12)5-6-10-7-9-3-2-4-11(9)13-10/h7-8H,2-6,12H2,1H3/t8-/m0/s1. The van der Waals surface area contributed by atoms with Gasteiger partial charge < -0.3 is 5.73 Å². The fourth-order valence-corrected chi connectivity index (χ4v) is 3.16. The van der Waals surface area contributed by atoms with Crippen LogP contribution in [0.15, 0.2) is 6.07 Å². The molecule has 1 aliphatic rings. The highest BCUT2D eigenvalue weighted by Gasteiger charge is 2.14. The summed E-state index contributed by atoms with van der Waals surface area (Å²) in [7, 11) is 0. The number of hydrogen-bond acceptors (Lipinski definition) is 2. The van der Waals surface area contributed by atoms with Crippen LogP contribution < -0.4 is 5.73 Å². The van der Waals surface area contributed by atoms with Gasteiger partial charge in [-0.3, -0.25) is 0 Å². The van der Waals surface area contributed by atoms with Gasteiger partial charge >= 0.3 is 0 Å². The highest BCUT2D eigenvalue weighted by Crippen LogP contribution is 2.31. The van der Waals surface area contributed by atoms with Crippen LogP contribution in [0.25, 0.3) is 0 Å². The van der Waals surface area contributed by atoms with E-state index in [9.17, 15) is 0 Å². The summed E-state index contributed by atoms with van der Waals surface area (Å²) in [5.41, 5.74) is 7.35. The molecule has 0 bridgehead atoms. The van der Waals surface area contributed by atoms with Crippen LogP contribution in [0, 0.1) is 0 Å². The summed E-state index contributed by atoms with van der Waals surface area (Å²) in [4.78, 5) is 3.18. The topological polar surface area (TPSA) is 26.0 Å². The van der Waals surface area contributed by atoms with Gasteiger partial charge in [-0.2, -0.15) is 0 Å². The molecule has 13 heavy (non-hydrogen) atoms. The molecule has 0 amide bonds. The van der Waals surface area contributed by atoms with Gasteiger partial charge in [0.1, 0.15) is 0 Å². The Morgan fingerprint density at radius 3 is 3.08 bits per heavy atom. The van der Waals surface area contributed by atoms with E-state index in [0.717, 1.165) is 6.42 Å². The number of hydrogen-bond donors (Lipinski definition) is 1. The van der Waals surface area contributed by atoms with E-state index < -0.39 is 0 Å². The molecule has 0 spiro atoms. The fourth-order valence-electron chi connectivity index (χ4n) is 1.88. The quantitative estimate of drug-likeness (QED) is 0.788. The second-order valence-corrected chi connectivity index (χ2v) is 5.25. The lowest BCUT2D eigenvalue weighted by Crippen LogP contribution is -2.14. The minimum atomic E-state index is 0.344. The van der Waals surface area contributed by atoms with E-state index in [1.807, 2.05) is 11.3 Å². The molecule has 1 aromatic rings. The largest absolute Gasteiger partial charge is 0.328 e. The third kappa shape index (κ3) is 2.12. The summed E-state index contributed by atoms with van der Waals surface area (Å²) >= 11 is 2.01. The number of aryl methyl sites for hydroxylation is 3. The van der Waals surface area contributed by atoms with Crippen molar-refractivity contribution in [1.82, 2.24) is 0 Å². The molecule has 0 fully saturated rings. The van der Waals surface area contributed by atoms with Crippen LogP contribution in [0.4, 0.5) is 0 Å². The Morgan fingerprint density at radius 1 is 1.54 bits per heavy atom. The van der Waals surface area contributed by atoms with Gasteiger partial charge in [-0.25, -0.2) is 0 Å². The van der Waals surface area contributed by atoms with Gasteiger partial charge in [0.05, 0.1) is 0 Å². The minimum absolute atomic E-state index is 0.344. The van der Waals surface area contributed by atoms with Crippen molar-refractivity contribution in [2.45, 2.75) is 45.1 Å². The Labute approximate surface area is 84.0 Å². The highest BCUT2D eigenvalue weighted by molar-refractivity contribution is 7.12. The first-order chi connectivity index (χ1) is 6.25. The van der Waals surface area contributed by atoms with Crippen LogP contribution in [0.3, 0.4) is 0 Å². The molecule has 1 aromatic heterocycles. The van der Waals surface area contributed by atoms with Gasteiger partial charge in [0.25, 0.3) is 0 Å². The van der Waals surface area contributed by atoms with Crippen molar-refractivity contribution in [1.29, 1.82) is 0 Å². The summed E-state index contributed by atoms with van der Waals surface area (Å²) in [6.45, 7) is 2.08. The van der Waals surface area contributed by atoms with Crippen molar-refractivity contribution in [3.63, 3.8) is 0 Å². The highest BCUT2D eigenvalue weighted by atomic mass is 32.1. The first-order valence-electron chi connectivity index (χ1n) is 5.12. The summed E-state index contributed by atoms with van der Waals surface area (Å²) in [6, 6.07) is 2.74. The van der Waals surface area contributed by atoms with Crippen LogP contribution in [0.5, 0.6) is 0 Å². The lowest BCUT2D eigenvalue weighted by molar-refractivity contribution is 0.670. The summed E-state index contributed by atoms with van der Waals surface area (Å²) in [6.07, 6.45) is 6.30. The van der Waals surface area contributed by atoms with Gasteiger partial charge in [0, 0.05) is 15.8 Å². The molecule has 0 saturated heterocycles. The van der Waals surface area contributed by atoms with Crippen molar-refractivity contribution < 1.29 is 0 Å². The molecule has 0 aromatic carbocycles. The summed E-state index contributed by atoms with van der Waals surface area (Å²) in [5.74, 6) is 0. The molecule has 1 nitrogen and oxygen atoms in total. The normalized spacial score (nSPS) is 17.4. The van der Waals surface area contributed by atoms with E-state index >= 15 is 0 Å². The molecule has 1 aliphatic carbocycles. The predicted octanol–water partition coefficient (Wildman–Crippen LogP) is 2.52. The third-order valence-corrected chi connectivity index (χ3v) is 3.94. The molecule has 2 N–H and O–H groups in total. The van der Waals surface area contributed by atoms with E-state index in [1.54, 1.807) is 15.3 Å². The number of nitrogens with two attached hydrogens (primary N) is 1. The van der Waals surface area contributed by atoms with Gasteiger partial charge in [-0.15, -0.1) is 11.3 Å². The van der Waals surface area contributed by atoms with Crippen molar-refractivity contribution in [2.75, 3.05) is 0 Å². The average Bonchev–Trinajstić information content (AvgIpc) is 2.58. The second-order valence-electron chi connectivity index (χ2n) is 4.03. The Balaban J connectivity index is 1.98. The van der Waals surface area contributed by atoms with E-state index in [2.05, 4.69) is 13.0 Å². The molecule has 2 heteroatoms. The monoisotopic (exact) mass is 195 g/mol. The molecule has 0 unspecified atom stereocenters. The maximum absolute atomic E-state index is 5.74. The van der Waals surface area contributed by atoms with Crippen LogP contribution in [0.1, 0.15) is 35.1 Å². The van der Waals surface area contributed by atoms with Gasteiger partial charge in [-0.05, 0) is 50.7 Å². The molecular formula is C11H17NS. The molecular weight excluding hydrogens is 178 g/mol. The molecule has 0 radical (unpaired) electrons. The number of rotatable bonds is 3. The Kier molecular flexibility index (Phi) is 2.70.